The Morgan fingerprint density at radius 2 is 1.73 bits per heavy atom. The molecule has 0 radical (unpaired) electrons. The smallest absolute Gasteiger partial charge is 0.265 e. The van der Waals surface area contributed by atoms with Gasteiger partial charge in [-0.05, 0) is 47.3 Å². The van der Waals surface area contributed by atoms with Gasteiger partial charge >= 0.3 is 0 Å². The molecule has 2 aromatic carbocycles. The number of hydrogen-bond donors (Lipinski definition) is 2. The highest BCUT2D eigenvalue weighted by molar-refractivity contribution is 7.12. The number of ether oxygens (including phenoxy) is 3. The largest absolute Gasteiger partial charge is 0.493 e. The minimum absolute atomic E-state index is 0.216. The molecule has 0 aliphatic carbocycles. The summed E-state index contributed by atoms with van der Waals surface area (Å²) >= 11 is 7.48. The topological polar surface area (TPSA) is 110 Å². The Bertz CT molecular complexity index is 1180. The minimum atomic E-state index is -1.01. The van der Waals surface area contributed by atoms with Crippen molar-refractivity contribution in [2.75, 3.05) is 26.6 Å². The molecule has 0 saturated heterocycles. The van der Waals surface area contributed by atoms with Crippen molar-refractivity contribution in [3.8, 4) is 23.3 Å². The predicted octanol–water partition coefficient (Wildman–Crippen LogP) is 4.67. The fourth-order valence-corrected chi connectivity index (χ4v) is 3.81. The molecule has 2 amide bonds. The summed E-state index contributed by atoms with van der Waals surface area (Å²) in [6.07, 6.45) is 0. The molecule has 1 atom stereocenters. The highest BCUT2D eigenvalue weighted by Gasteiger charge is 2.21. The van der Waals surface area contributed by atoms with Gasteiger partial charge in [0.05, 0.1) is 43.0 Å². The molecule has 33 heavy (non-hydrogen) atoms. The Kier molecular flexibility index (Phi) is 7.77. The number of hydrogen-bond acceptors (Lipinski definition) is 7. The van der Waals surface area contributed by atoms with E-state index in [2.05, 4.69) is 16.7 Å². The van der Waals surface area contributed by atoms with Gasteiger partial charge in [0.2, 0.25) is 5.75 Å². The highest BCUT2D eigenvalue weighted by atomic mass is 35.5. The van der Waals surface area contributed by atoms with Crippen LogP contribution in [0.25, 0.3) is 0 Å². The maximum Gasteiger partial charge on any atom is 0.265 e. The third-order valence-electron chi connectivity index (χ3n) is 4.65. The lowest BCUT2D eigenvalue weighted by Crippen LogP contribution is -2.28. The third kappa shape index (κ3) is 5.37. The third-order valence-corrected chi connectivity index (χ3v) is 5.84. The van der Waals surface area contributed by atoms with Crippen molar-refractivity contribution in [2.45, 2.75) is 6.04 Å². The van der Waals surface area contributed by atoms with E-state index in [9.17, 15) is 14.9 Å². The van der Waals surface area contributed by atoms with Crippen molar-refractivity contribution >= 4 is 40.4 Å². The van der Waals surface area contributed by atoms with E-state index in [0.717, 1.165) is 0 Å². The number of thiophene rings is 1. The molecule has 1 unspecified atom stereocenters. The molecule has 1 heterocycles. The maximum atomic E-state index is 12.9. The van der Waals surface area contributed by atoms with E-state index in [4.69, 9.17) is 25.8 Å². The number of rotatable bonds is 8. The molecular formula is C23H20ClN3O5S. The van der Waals surface area contributed by atoms with E-state index >= 15 is 0 Å². The number of nitriles is 1. The molecule has 0 aliphatic heterocycles. The predicted molar refractivity (Wildman–Crippen MR) is 126 cm³/mol. The zero-order valence-electron chi connectivity index (χ0n) is 18.0. The molecule has 10 heteroatoms. The molecule has 0 aliphatic rings. The summed E-state index contributed by atoms with van der Waals surface area (Å²) in [6.45, 7) is 0. The molecule has 0 bridgehead atoms. The number of amides is 2. The number of benzene rings is 2. The van der Waals surface area contributed by atoms with Gasteiger partial charge in [-0.1, -0.05) is 17.7 Å². The lowest BCUT2D eigenvalue weighted by atomic mass is 10.1. The van der Waals surface area contributed by atoms with Crippen LogP contribution < -0.4 is 24.8 Å². The van der Waals surface area contributed by atoms with Gasteiger partial charge in [-0.3, -0.25) is 9.59 Å². The lowest BCUT2D eigenvalue weighted by Gasteiger charge is -2.17. The Morgan fingerprint density at radius 1 is 1.03 bits per heavy atom. The van der Waals surface area contributed by atoms with Crippen molar-refractivity contribution < 1.29 is 23.8 Å². The molecule has 1 aromatic heterocycles. The molecule has 2 N–H and O–H groups in total. The fraction of sp³-hybridized carbons (Fsp3) is 0.174. The van der Waals surface area contributed by atoms with Crippen molar-refractivity contribution in [1.82, 2.24) is 5.32 Å². The van der Waals surface area contributed by atoms with E-state index in [1.165, 1.54) is 50.9 Å². The number of nitrogens with zero attached hydrogens (tertiary/aromatic N) is 1. The number of carbonyl (C=O) groups is 2. The van der Waals surface area contributed by atoms with Crippen molar-refractivity contribution in [1.29, 1.82) is 5.26 Å². The van der Waals surface area contributed by atoms with Gasteiger partial charge in [-0.15, -0.1) is 11.3 Å². The van der Waals surface area contributed by atoms with Crippen LogP contribution in [-0.4, -0.2) is 33.1 Å². The fourth-order valence-electron chi connectivity index (χ4n) is 3.03. The van der Waals surface area contributed by atoms with Gasteiger partial charge in [0.1, 0.15) is 6.04 Å². The first-order chi connectivity index (χ1) is 15.9. The zero-order valence-corrected chi connectivity index (χ0v) is 19.5. The van der Waals surface area contributed by atoms with Gasteiger partial charge in [-0.25, -0.2) is 0 Å². The molecular weight excluding hydrogens is 466 g/mol. The summed E-state index contributed by atoms with van der Waals surface area (Å²) in [4.78, 5) is 25.8. The number of carbonyl (C=O) groups excluding carboxylic acids is 2. The molecule has 0 saturated carbocycles. The summed E-state index contributed by atoms with van der Waals surface area (Å²) in [6, 6.07) is 12.1. The number of methoxy groups -OCH3 is 3. The first-order valence-electron chi connectivity index (χ1n) is 9.56. The van der Waals surface area contributed by atoms with Crippen LogP contribution in [0.4, 0.5) is 5.69 Å². The van der Waals surface area contributed by atoms with E-state index in [-0.39, 0.29) is 22.2 Å². The molecule has 8 nitrogen and oxygen atoms in total. The lowest BCUT2D eigenvalue weighted by molar-refractivity contribution is 0.0943. The van der Waals surface area contributed by atoms with Gasteiger partial charge in [0.25, 0.3) is 11.8 Å². The van der Waals surface area contributed by atoms with Crippen molar-refractivity contribution in [3.63, 3.8) is 0 Å². The van der Waals surface area contributed by atoms with Crippen LogP contribution in [0.1, 0.15) is 31.6 Å². The Hall–Kier alpha value is -3.74. The Labute approximate surface area is 199 Å². The second-order valence-corrected chi connectivity index (χ2v) is 7.98. The minimum Gasteiger partial charge on any atom is -0.493 e. The monoisotopic (exact) mass is 485 g/mol. The molecule has 3 aromatic rings. The average Bonchev–Trinajstić information content (AvgIpc) is 3.38. The summed E-state index contributed by atoms with van der Waals surface area (Å²) in [5, 5.41) is 17.1. The second kappa shape index (κ2) is 10.7. The van der Waals surface area contributed by atoms with Crippen LogP contribution in [0, 0.1) is 11.3 Å². The number of nitrogens with one attached hydrogen (secondary N) is 2. The van der Waals surface area contributed by atoms with E-state index in [1.807, 2.05) is 0 Å². The van der Waals surface area contributed by atoms with Gasteiger partial charge in [-0.2, -0.15) is 5.26 Å². The van der Waals surface area contributed by atoms with Crippen LogP contribution in [0.15, 0.2) is 47.8 Å². The zero-order chi connectivity index (χ0) is 24.0. The molecule has 0 fully saturated rings. The van der Waals surface area contributed by atoms with Gasteiger partial charge in [0.15, 0.2) is 11.5 Å². The van der Waals surface area contributed by atoms with Gasteiger partial charge in [0, 0.05) is 5.56 Å². The summed E-state index contributed by atoms with van der Waals surface area (Å²) in [5.74, 6) is 0.212. The second-order valence-electron chi connectivity index (χ2n) is 6.62. The summed E-state index contributed by atoms with van der Waals surface area (Å²) in [7, 11) is 4.39. The van der Waals surface area contributed by atoms with Crippen LogP contribution >= 0.6 is 22.9 Å². The van der Waals surface area contributed by atoms with Crippen LogP contribution in [0.3, 0.4) is 0 Å². The van der Waals surface area contributed by atoms with Crippen LogP contribution in [-0.2, 0) is 0 Å². The normalized spacial score (nSPS) is 11.1. The SMILES string of the molecule is COc1cc(C(C#N)NC(=O)c2ccc(Cl)c(NC(=O)c3cccs3)c2)cc(OC)c1OC. The number of anilines is 1. The molecule has 0 spiro atoms. The Balaban J connectivity index is 1.84. The molecule has 3 rings (SSSR count). The first-order valence-corrected chi connectivity index (χ1v) is 10.8. The summed E-state index contributed by atoms with van der Waals surface area (Å²) in [5.41, 5.74) is 0.943. The maximum absolute atomic E-state index is 12.9. The van der Waals surface area contributed by atoms with Crippen molar-refractivity contribution in [2.24, 2.45) is 0 Å². The highest BCUT2D eigenvalue weighted by Crippen LogP contribution is 2.39. The Morgan fingerprint density at radius 3 is 2.27 bits per heavy atom. The average molecular weight is 486 g/mol. The molecule has 170 valence electrons. The van der Waals surface area contributed by atoms with Crippen LogP contribution in [0.2, 0.25) is 5.02 Å². The van der Waals surface area contributed by atoms with E-state index < -0.39 is 11.9 Å². The number of halogens is 1. The van der Waals surface area contributed by atoms with Gasteiger partial charge < -0.3 is 24.8 Å². The summed E-state index contributed by atoms with van der Waals surface area (Å²) < 4.78 is 15.9. The van der Waals surface area contributed by atoms with Crippen molar-refractivity contribution in [3.05, 3.63) is 68.9 Å². The standard InChI is InChI=1S/C23H20ClN3O5S/c1-30-18-10-14(11-19(31-2)21(18)32-3)17(12-25)27-22(28)13-6-7-15(24)16(9-13)26-23(29)20-5-4-8-33-20/h4-11,17H,1-3H3,(H,26,29)(H,27,28). The van der Waals surface area contributed by atoms with Crippen LogP contribution in [0.5, 0.6) is 17.2 Å². The van der Waals surface area contributed by atoms with E-state index in [0.29, 0.717) is 27.7 Å². The van der Waals surface area contributed by atoms with E-state index in [1.54, 1.807) is 29.6 Å². The quantitative estimate of drug-likeness (QED) is 0.479. The first kappa shape index (κ1) is 23.9.